The summed E-state index contributed by atoms with van der Waals surface area (Å²) in [6.07, 6.45) is 5.67. The molecule has 1 aliphatic heterocycles. The van der Waals surface area contributed by atoms with Crippen LogP contribution in [0.1, 0.15) is 55.2 Å². The first-order chi connectivity index (χ1) is 16.4. The average molecular weight is 456 g/mol. The van der Waals surface area contributed by atoms with Crippen molar-refractivity contribution in [2.75, 3.05) is 26.7 Å². The molecule has 0 saturated carbocycles. The number of aryl methyl sites for hydroxylation is 1. The summed E-state index contributed by atoms with van der Waals surface area (Å²) in [5.41, 5.74) is 9.30. The number of H-pyrrole nitrogens is 1. The highest BCUT2D eigenvalue weighted by molar-refractivity contribution is 5.94. The van der Waals surface area contributed by atoms with Crippen LogP contribution in [-0.2, 0) is 4.79 Å². The van der Waals surface area contributed by atoms with Gasteiger partial charge >= 0.3 is 0 Å². The fourth-order valence-electron chi connectivity index (χ4n) is 5.41. The smallest absolute Gasteiger partial charge is 0.233 e. The molecule has 176 valence electrons. The molecule has 1 amide bonds. The second kappa shape index (κ2) is 9.18. The number of nitrogens with zero attached hydrogens (tertiary/aromatic N) is 3. The maximum absolute atomic E-state index is 11.7. The summed E-state index contributed by atoms with van der Waals surface area (Å²) in [5.74, 6) is 1.00. The van der Waals surface area contributed by atoms with Crippen molar-refractivity contribution in [3.63, 3.8) is 0 Å². The van der Waals surface area contributed by atoms with Crippen LogP contribution < -0.4 is 5.32 Å². The van der Waals surface area contributed by atoms with Gasteiger partial charge in [-0.05, 0) is 85.6 Å². The van der Waals surface area contributed by atoms with E-state index < -0.39 is 0 Å². The number of likely N-dealkylation sites (N-methyl/N-ethyl adjacent to an activating group) is 1. The molecule has 1 aliphatic rings. The fraction of sp³-hybridized carbons (Fsp3) is 0.393. The van der Waals surface area contributed by atoms with Gasteiger partial charge in [0.1, 0.15) is 0 Å². The summed E-state index contributed by atoms with van der Waals surface area (Å²) >= 11 is 0. The molecule has 4 aromatic rings. The van der Waals surface area contributed by atoms with Gasteiger partial charge in [-0.1, -0.05) is 19.9 Å². The quantitative estimate of drug-likeness (QED) is 0.437. The van der Waals surface area contributed by atoms with E-state index in [1.165, 1.54) is 27.7 Å². The lowest BCUT2D eigenvalue weighted by atomic mass is 9.87. The monoisotopic (exact) mass is 455 g/mol. The SMILES string of the molecule is CNC(=O)CN1CCC(c2ccc3[nH]c(-c4cc(C)c5nccnc5c4)c(C(C)C)c3c2)CC1. The zero-order chi connectivity index (χ0) is 23.8. The number of fused-ring (bicyclic) bond motifs is 2. The van der Waals surface area contributed by atoms with Gasteiger partial charge in [-0.3, -0.25) is 19.7 Å². The number of benzene rings is 2. The van der Waals surface area contributed by atoms with Crippen LogP contribution in [0.5, 0.6) is 0 Å². The van der Waals surface area contributed by atoms with Gasteiger partial charge in [0.2, 0.25) is 5.91 Å². The number of hydrogen-bond acceptors (Lipinski definition) is 4. The van der Waals surface area contributed by atoms with Crippen LogP contribution in [0, 0.1) is 6.92 Å². The zero-order valence-electron chi connectivity index (χ0n) is 20.5. The number of nitrogens with one attached hydrogen (secondary N) is 2. The van der Waals surface area contributed by atoms with Gasteiger partial charge in [-0.25, -0.2) is 0 Å². The molecule has 0 bridgehead atoms. The van der Waals surface area contributed by atoms with E-state index in [0.29, 0.717) is 18.4 Å². The maximum atomic E-state index is 11.7. The van der Waals surface area contributed by atoms with Crippen LogP contribution in [0.4, 0.5) is 0 Å². The van der Waals surface area contributed by atoms with Crippen molar-refractivity contribution >= 4 is 27.8 Å². The van der Waals surface area contributed by atoms with Gasteiger partial charge < -0.3 is 10.3 Å². The predicted octanol–water partition coefficient (Wildman–Crippen LogP) is 5.14. The highest BCUT2D eigenvalue weighted by Gasteiger charge is 2.24. The van der Waals surface area contributed by atoms with Crippen molar-refractivity contribution in [3.8, 4) is 11.3 Å². The topological polar surface area (TPSA) is 73.9 Å². The number of aromatic amines is 1. The first-order valence-corrected chi connectivity index (χ1v) is 12.2. The lowest BCUT2D eigenvalue weighted by molar-refractivity contribution is -0.122. The summed E-state index contributed by atoms with van der Waals surface area (Å²) < 4.78 is 0. The Balaban J connectivity index is 1.49. The standard InChI is InChI=1S/C28H33N5O/c1-17(2)26-22-14-20(19-7-11-33(12-8-19)16-25(34)29-4)5-6-23(22)32-28(26)21-13-18(3)27-24(15-21)30-9-10-31-27/h5-6,9-10,13-15,17,19,32H,7-8,11-12,16H2,1-4H3,(H,29,34). The molecular formula is C28H33N5O. The van der Waals surface area contributed by atoms with E-state index in [9.17, 15) is 4.79 Å². The number of hydrogen-bond donors (Lipinski definition) is 2. The van der Waals surface area contributed by atoms with E-state index in [0.717, 1.165) is 48.1 Å². The van der Waals surface area contributed by atoms with E-state index in [4.69, 9.17) is 0 Å². The molecule has 1 fully saturated rings. The highest BCUT2D eigenvalue weighted by atomic mass is 16.1. The third kappa shape index (κ3) is 4.18. The van der Waals surface area contributed by atoms with E-state index >= 15 is 0 Å². The Kier molecular flexibility index (Phi) is 6.09. The summed E-state index contributed by atoms with van der Waals surface area (Å²) in [6.45, 7) is 9.06. The number of piperidine rings is 1. The minimum Gasteiger partial charge on any atom is -0.358 e. The zero-order valence-corrected chi connectivity index (χ0v) is 20.5. The number of likely N-dealkylation sites (tertiary alicyclic amines) is 1. The Labute approximate surface area is 200 Å². The van der Waals surface area contributed by atoms with E-state index in [-0.39, 0.29) is 5.91 Å². The van der Waals surface area contributed by atoms with E-state index in [1.54, 1.807) is 19.4 Å². The average Bonchev–Trinajstić information content (AvgIpc) is 3.23. The molecule has 2 N–H and O–H groups in total. The second-order valence-electron chi connectivity index (χ2n) is 9.81. The highest BCUT2D eigenvalue weighted by Crippen LogP contribution is 2.39. The van der Waals surface area contributed by atoms with Gasteiger partial charge in [0.15, 0.2) is 0 Å². The van der Waals surface area contributed by atoms with Gasteiger partial charge in [0.05, 0.1) is 23.3 Å². The third-order valence-electron chi connectivity index (χ3n) is 7.20. The lowest BCUT2D eigenvalue weighted by Gasteiger charge is -2.31. The summed E-state index contributed by atoms with van der Waals surface area (Å²) in [7, 11) is 1.70. The second-order valence-corrected chi connectivity index (χ2v) is 9.81. The molecule has 6 nitrogen and oxygen atoms in total. The lowest BCUT2D eigenvalue weighted by Crippen LogP contribution is -2.40. The summed E-state index contributed by atoms with van der Waals surface area (Å²) in [4.78, 5) is 26.8. The van der Waals surface area contributed by atoms with Crippen LogP contribution in [0.15, 0.2) is 42.7 Å². The molecule has 0 unspecified atom stereocenters. The number of carbonyl (C=O) groups is 1. The van der Waals surface area contributed by atoms with E-state index in [1.807, 2.05) is 0 Å². The molecule has 1 saturated heterocycles. The van der Waals surface area contributed by atoms with E-state index in [2.05, 4.69) is 76.3 Å². The van der Waals surface area contributed by atoms with Gasteiger partial charge in [-0.2, -0.15) is 0 Å². The molecule has 3 heterocycles. The first-order valence-electron chi connectivity index (χ1n) is 12.2. The fourth-order valence-corrected chi connectivity index (χ4v) is 5.41. The molecule has 0 spiro atoms. The molecule has 0 radical (unpaired) electrons. The van der Waals surface area contributed by atoms with Crippen LogP contribution in [0.2, 0.25) is 0 Å². The Bertz CT molecular complexity index is 1350. The minimum absolute atomic E-state index is 0.0937. The van der Waals surface area contributed by atoms with Crippen molar-refractivity contribution in [1.82, 2.24) is 25.2 Å². The molecule has 6 heteroatoms. The largest absolute Gasteiger partial charge is 0.358 e. The molecule has 5 rings (SSSR count). The van der Waals surface area contributed by atoms with Crippen molar-refractivity contribution in [3.05, 3.63) is 59.4 Å². The van der Waals surface area contributed by atoms with Crippen molar-refractivity contribution < 1.29 is 4.79 Å². The molecule has 0 atom stereocenters. The maximum Gasteiger partial charge on any atom is 0.233 e. The van der Waals surface area contributed by atoms with Crippen LogP contribution in [-0.4, -0.2) is 52.4 Å². The van der Waals surface area contributed by atoms with Crippen LogP contribution in [0.25, 0.3) is 33.2 Å². The third-order valence-corrected chi connectivity index (χ3v) is 7.20. The summed E-state index contributed by atoms with van der Waals surface area (Å²) in [5, 5.41) is 4.04. The Hall–Kier alpha value is -3.25. The minimum atomic E-state index is 0.0937. The van der Waals surface area contributed by atoms with Crippen molar-refractivity contribution in [1.29, 1.82) is 0 Å². The van der Waals surface area contributed by atoms with Gasteiger partial charge in [-0.15, -0.1) is 0 Å². The molecule has 2 aromatic heterocycles. The first kappa shape index (κ1) is 22.5. The molecule has 34 heavy (non-hydrogen) atoms. The van der Waals surface area contributed by atoms with Crippen LogP contribution >= 0.6 is 0 Å². The van der Waals surface area contributed by atoms with Gasteiger partial charge in [0.25, 0.3) is 0 Å². The molecular weight excluding hydrogens is 422 g/mol. The normalized spacial score (nSPS) is 15.4. The number of amides is 1. The Morgan fingerprint density at radius 1 is 1.15 bits per heavy atom. The Morgan fingerprint density at radius 2 is 1.91 bits per heavy atom. The number of carbonyl (C=O) groups excluding carboxylic acids is 1. The Morgan fingerprint density at radius 3 is 2.65 bits per heavy atom. The summed E-state index contributed by atoms with van der Waals surface area (Å²) in [6, 6.07) is 11.3. The number of rotatable bonds is 5. The molecule has 2 aromatic carbocycles. The van der Waals surface area contributed by atoms with Gasteiger partial charge in [0, 0.05) is 35.9 Å². The number of aromatic nitrogens is 3. The molecule has 0 aliphatic carbocycles. The predicted molar refractivity (Wildman–Crippen MR) is 138 cm³/mol. The van der Waals surface area contributed by atoms with Crippen molar-refractivity contribution in [2.45, 2.75) is 45.4 Å². The van der Waals surface area contributed by atoms with Crippen LogP contribution in [0.3, 0.4) is 0 Å². The van der Waals surface area contributed by atoms with Crippen molar-refractivity contribution in [2.24, 2.45) is 0 Å².